The average molecular weight is 389 g/mol. The zero-order chi connectivity index (χ0) is 15.3. The lowest BCUT2D eigenvalue weighted by Crippen LogP contribution is -2.27. The van der Waals surface area contributed by atoms with Crippen molar-refractivity contribution in [3.8, 4) is 5.75 Å². The minimum atomic E-state index is -3.56. The lowest BCUT2D eigenvalue weighted by Gasteiger charge is -2.17. The molecular weight excluding hydrogens is 373 g/mol. The Hall–Kier alpha value is -0.370. The maximum absolute atomic E-state index is 13.4. The SMILES string of the molecule is CCCC(COc1cc(F)c(Cl)cc1Br)CS(N)(=O)=O. The summed E-state index contributed by atoms with van der Waals surface area (Å²) in [6, 6.07) is 2.55. The molecule has 0 fully saturated rings. The fraction of sp³-hybridized carbons (Fsp3) is 0.500. The second-order valence-electron chi connectivity index (χ2n) is 4.49. The zero-order valence-electron chi connectivity index (χ0n) is 10.9. The Balaban J connectivity index is 2.75. The van der Waals surface area contributed by atoms with Crippen LogP contribution in [-0.4, -0.2) is 20.8 Å². The van der Waals surface area contributed by atoms with E-state index < -0.39 is 15.8 Å². The number of primary sulfonamides is 1. The monoisotopic (exact) mass is 387 g/mol. The first-order chi connectivity index (χ1) is 9.23. The van der Waals surface area contributed by atoms with Crippen LogP contribution in [0.1, 0.15) is 19.8 Å². The summed E-state index contributed by atoms with van der Waals surface area (Å²) in [5.41, 5.74) is 0. The minimum Gasteiger partial charge on any atom is -0.492 e. The van der Waals surface area contributed by atoms with Gasteiger partial charge in [-0.05, 0) is 28.4 Å². The molecule has 1 rings (SSSR count). The summed E-state index contributed by atoms with van der Waals surface area (Å²) >= 11 is 8.84. The van der Waals surface area contributed by atoms with Gasteiger partial charge in [-0.15, -0.1) is 0 Å². The Labute approximate surface area is 131 Å². The normalized spacial score (nSPS) is 13.2. The Morgan fingerprint density at radius 3 is 2.70 bits per heavy atom. The summed E-state index contributed by atoms with van der Waals surface area (Å²) < 4.78 is 41.6. The molecule has 0 saturated carbocycles. The molecule has 2 N–H and O–H groups in total. The van der Waals surface area contributed by atoms with Gasteiger partial charge < -0.3 is 4.74 Å². The molecule has 0 aliphatic carbocycles. The molecule has 0 bridgehead atoms. The van der Waals surface area contributed by atoms with Crippen molar-refractivity contribution in [2.75, 3.05) is 12.4 Å². The number of sulfonamides is 1. The van der Waals surface area contributed by atoms with Crippen LogP contribution < -0.4 is 9.88 Å². The van der Waals surface area contributed by atoms with Gasteiger partial charge in [0.1, 0.15) is 11.6 Å². The zero-order valence-corrected chi connectivity index (χ0v) is 14.1. The molecule has 1 atom stereocenters. The number of ether oxygens (including phenoxy) is 1. The highest BCUT2D eigenvalue weighted by Crippen LogP contribution is 2.31. The van der Waals surface area contributed by atoms with E-state index in [0.29, 0.717) is 10.9 Å². The van der Waals surface area contributed by atoms with E-state index in [2.05, 4.69) is 15.9 Å². The third-order valence-corrected chi connectivity index (χ3v) is 4.46. The molecule has 20 heavy (non-hydrogen) atoms. The first-order valence-electron chi connectivity index (χ1n) is 6.00. The van der Waals surface area contributed by atoms with Gasteiger partial charge in [0.25, 0.3) is 0 Å². The second kappa shape index (κ2) is 7.59. The van der Waals surface area contributed by atoms with E-state index in [0.717, 1.165) is 12.5 Å². The summed E-state index contributed by atoms with van der Waals surface area (Å²) in [5.74, 6) is -0.708. The Kier molecular flexibility index (Phi) is 6.71. The van der Waals surface area contributed by atoms with Crippen molar-refractivity contribution in [3.05, 3.63) is 27.4 Å². The molecule has 0 aromatic heterocycles. The molecule has 114 valence electrons. The van der Waals surface area contributed by atoms with Crippen molar-refractivity contribution in [1.29, 1.82) is 0 Å². The standard InChI is InChI=1S/C12H16BrClFNO3S/c1-2-3-8(7-20(16,17)18)6-19-12-5-11(15)10(14)4-9(12)13/h4-5,8H,2-3,6-7H2,1H3,(H2,16,17,18). The van der Waals surface area contributed by atoms with Gasteiger partial charge in [-0.2, -0.15) is 0 Å². The highest BCUT2D eigenvalue weighted by molar-refractivity contribution is 9.10. The summed E-state index contributed by atoms with van der Waals surface area (Å²) in [6.07, 6.45) is 1.46. The molecular formula is C12H16BrClFNO3S. The van der Waals surface area contributed by atoms with Gasteiger partial charge in [-0.25, -0.2) is 17.9 Å². The average Bonchev–Trinajstić information content (AvgIpc) is 2.30. The Bertz CT molecular complexity index is 568. The molecule has 8 heteroatoms. The van der Waals surface area contributed by atoms with Crippen LogP contribution in [0.25, 0.3) is 0 Å². The summed E-state index contributed by atoms with van der Waals surface area (Å²) in [6.45, 7) is 2.08. The van der Waals surface area contributed by atoms with Crippen LogP contribution in [-0.2, 0) is 10.0 Å². The Morgan fingerprint density at radius 1 is 1.50 bits per heavy atom. The predicted molar refractivity (Wildman–Crippen MR) is 81.0 cm³/mol. The first kappa shape index (κ1) is 17.7. The van der Waals surface area contributed by atoms with Crippen LogP contribution in [0, 0.1) is 11.7 Å². The highest BCUT2D eigenvalue weighted by atomic mass is 79.9. The topological polar surface area (TPSA) is 69.4 Å². The fourth-order valence-corrected chi connectivity index (χ4v) is 3.45. The number of hydrogen-bond donors (Lipinski definition) is 1. The van der Waals surface area contributed by atoms with Gasteiger partial charge in [0.2, 0.25) is 10.0 Å². The van der Waals surface area contributed by atoms with Crippen LogP contribution in [0.3, 0.4) is 0 Å². The minimum absolute atomic E-state index is 0.0149. The highest BCUT2D eigenvalue weighted by Gasteiger charge is 2.17. The largest absolute Gasteiger partial charge is 0.492 e. The third-order valence-electron chi connectivity index (χ3n) is 2.61. The van der Waals surface area contributed by atoms with Crippen molar-refractivity contribution in [2.45, 2.75) is 19.8 Å². The van der Waals surface area contributed by atoms with Gasteiger partial charge in [0.05, 0.1) is 21.9 Å². The molecule has 0 spiro atoms. The van der Waals surface area contributed by atoms with E-state index >= 15 is 0 Å². The first-order valence-corrected chi connectivity index (χ1v) is 8.89. The van der Waals surface area contributed by atoms with E-state index in [1.54, 1.807) is 0 Å². The molecule has 0 heterocycles. The van der Waals surface area contributed by atoms with Crippen molar-refractivity contribution >= 4 is 37.6 Å². The van der Waals surface area contributed by atoms with E-state index in [1.807, 2.05) is 6.92 Å². The van der Waals surface area contributed by atoms with Gasteiger partial charge in [0, 0.05) is 12.0 Å². The van der Waals surface area contributed by atoms with Gasteiger partial charge >= 0.3 is 0 Å². The maximum Gasteiger partial charge on any atom is 0.209 e. The third kappa shape index (κ3) is 5.95. The van der Waals surface area contributed by atoms with E-state index in [4.69, 9.17) is 21.5 Å². The maximum atomic E-state index is 13.4. The molecule has 1 unspecified atom stereocenters. The number of nitrogens with two attached hydrogens (primary N) is 1. The lowest BCUT2D eigenvalue weighted by atomic mass is 10.1. The van der Waals surface area contributed by atoms with Gasteiger partial charge in [0.15, 0.2) is 0 Å². The molecule has 1 aromatic rings. The molecule has 1 aromatic carbocycles. The lowest BCUT2D eigenvalue weighted by molar-refractivity contribution is 0.250. The second-order valence-corrected chi connectivity index (χ2v) is 7.41. The molecule has 0 amide bonds. The summed E-state index contributed by atoms with van der Waals surface area (Å²) in [4.78, 5) is 0. The fourth-order valence-electron chi connectivity index (χ4n) is 1.77. The van der Waals surface area contributed by atoms with Crippen LogP contribution in [0.5, 0.6) is 5.75 Å². The van der Waals surface area contributed by atoms with Gasteiger partial charge in [-0.3, -0.25) is 0 Å². The molecule has 0 aliphatic rings. The van der Waals surface area contributed by atoms with E-state index in [-0.39, 0.29) is 29.0 Å². The molecule has 0 saturated heterocycles. The summed E-state index contributed by atoms with van der Waals surface area (Å²) in [7, 11) is -3.56. The van der Waals surface area contributed by atoms with Crippen LogP contribution >= 0.6 is 27.5 Å². The quantitative estimate of drug-likeness (QED) is 0.728. The van der Waals surface area contributed by atoms with E-state index in [1.165, 1.54) is 6.07 Å². The predicted octanol–water partition coefficient (Wildman–Crippen LogP) is 3.33. The summed E-state index contributed by atoms with van der Waals surface area (Å²) in [5, 5.41) is 5.02. The van der Waals surface area contributed by atoms with Crippen molar-refractivity contribution in [1.82, 2.24) is 0 Å². The molecule has 0 radical (unpaired) electrons. The number of halogens is 3. The van der Waals surface area contributed by atoms with Crippen LogP contribution in [0.4, 0.5) is 4.39 Å². The Morgan fingerprint density at radius 2 is 2.15 bits per heavy atom. The van der Waals surface area contributed by atoms with Crippen molar-refractivity contribution < 1.29 is 17.5 Å². The van der Waals surface area contributed by atoms with Gasteiger partial charge in [-0.1, -0.05) is 24.9 Å². The van der Waals surface area contributed by atoms with Crippen molar-refractivity contribution in [2.24, 2.45) is 11.1 Å². The smallest absolute Gasteiger partial charge is 0.209 e. The number of hydrogen-bond acceptors (Lipinski definition) is 3. The number of benzene rings is 1. The van der Waals surface area contributed by atoms with Crippen LogP contribution in [0.15, 0.2) is 16.6 Å². The molecule has 4 nitrogen and oxygen atoms in total. The van der Waals surface area contributed by atoms with E-state index in [9.17, 15) is 12.8 Å². The molecule has 0 aliphatic heterocycles. The van der Waals surface area contributed by atoms with Crippen molar-refractivity contribution in [3.63, 3.8) is 0 Å². The van der Waals surface area contributed by atoms with Crippen LogP contribution in [0.2, 0.25) is 5.02 Å². The number of rotatable bonds is 7.